The third-order valence-electron chi connectivity index (χ3n) is 5.15. The van der Waals surface area contributed by atoms with Crippen molar-refractivity contribution >= 4 is 11.6 Å². The van der Waals surface area contributed by atoms with Gasteiger partial charge >= 0.3 is 0 Å². The minimum absolute atomic E-state index is 0.0701. The maximum atomic E-state index is 13.9. The highest BCUT2D eigenvalue weighted by atomic mass is 19.1. The molecule has 0 radical (unpaired) electrons. The number of amides is 1. The highest BCUT2D eigenvalue weighted by molar-refractivity contribution is 6.03. The number of benzene rings is 2. The van der Waals surface area contributed by atoms with Crippen LogP contribution in [0.2, 0.25) is 0 Å². The zero-order valence-corrected chi connectivity index (χ0v) is 18.5. The van der Waals surface area contributed by atoms with Crippen LogP contribution in [-0.2, 0) is 6.54 Å². The van der Waals surface area contributed by atoms with Gasteiger partial charge in [-0.25, -0.2) is 14.1 Å². The molecule has 170 valence electrons. The van der Waals surface area contributed by atoms with Crippen LogP contribution in [0.15, 0.2) is 46.9 Å². The molecule has 1 N–H and O–H groups in total. The third-order valence-corrected chi connectivity index (χ3v) is 5.15. The zero-order valence-electron chi connectivity index (χ0n) is 18.5. The maximum Gasteiger partial charge on any atom is 0.278 e. The number of carbonyl (C=O) groups excluding carboxylic acids is 1. The molecule has 10 heteroatoms. The normalized spacial score (nSPS) is 10.8. The number of methoxy groups -OCH3 is 2. The van der Waals surface area contributed by atoms with Crippen molar-refractivity contribution in [3.05, 3.63) is 71.1 Å². The molecule has 0 aliphatic carbocycles. The van der Waals surface area contributed by atoms with Crippen molar-refractivity contribution in [3.63, 3.8) is 0 Å². The van der Waals surface area contributed by atoms with Crippen molar-refractivity contribution in [1.29, 1.82) is 0 Å². The minimum Gasteiger partial charge on any atom is -0.493 e. The molecule has 2 aromatic carbocycles. The molecule has 2 heterocycles. The Morgan fingerprint density at radius 1 is 1.12 bits per heavy atom. The Labute approximate surface area is 189 Å². The topological polar surface area (TPSA) is 104 Å². The van der Waals surface area contributed by atoms with E-state index in [-0.39, 0.29) is 17.9 Å². The Kier molecular flexibility index (Phi) is 6.07. The van der Waals surface area contributed by atoms with E-state index in [0.717, 1.165) is 0 Å². The summed E-state index contributed by atoms with van der Waals surface area (Å²) in [5.41, 5.74) is 1.93. The van der Waals surface area contributed by atoms with Crippen LogP contribution in [-0.4, -0.2) is 40.1 Å². The fourth-order valence-electron chi connectivity index (χ4n) is 3.35. The molecule has 0 atom stereocenters. The van der Waals surface area contributed by atoms with Crippen molar-refractivity contribution in [3.8, 4) is 23.0 Å². The number of oxazole rings is 1. The van der Waals surface area contributed by atoms with Gasteiger partial charge in [0.15, 0.2) is 17.2 Å². The zero-order chi connectivity index (χ0) is 23.5. The fourth-order valence-corrected chi connectivity index (χ4v) is 3.35. The second-order valence-electron chi connectivity index (χ2n) is 7.18. The lowest BCUT2D eigenvalue weighted by Crippen LogP contribution is -2.15. The van der Waals surface area contributed by atoms with E-state index < -0.39 is 11.7 Å². The van der Waals surface area contributed by atoms with E-state index >= 15 is 0 Å². The van der Waals surface area contributed by atoms with Crippen molar-refractivity contribution in [1.82, 2.24) is 20.0 Å². The first-order valence-electron chi connectivity index (χ1n) is 10.1. The number of anilines is 1. The Morgan fingerprint density at radius 3 is 2.64 bits per heavy atom. The Bertz CT molecular complexity index is 1310. The van der Waals surface area contributed by atoms with Crippen LogP contribution in [0.3, 0.4) is 0 Å². The second kappa shape index (κ2) is 9.11. The molecule has 0 aliphatic rings. The largest absolute Gasteiger partial charge is 0.493 e. The number of hydrogen-bond donors (Lipinski definition) is 1. The Hall–Kier alpha value is -4.21. The maximum absolute atomic E-state index is 13.9. The van der Waals surface area contributed by atoms with E-state index in [0.29, 0.717) is 40.1 Å². The minimum atomic E-state index is -0.553. The summed E-state index contributed by atoms with van der Waals surface area (Å²) in [5.74, 6) is 0.940. The first-order valence-corrected chi connectivity index (χ1v) is 10.1. The lowest BCUT2D eigenvalue weighted by atomic mass is 10.2. The van der Waals surface area contributed by atoms with Gasteiger partial charge in [0, 0.05) is 0 Å². The van der Waals surface area contributed by atoms with E-state index in [4.69, 9.17) is 13.9 Å². The molecule has 0 spiro atoms. The van der Waals surface area contributed by atoms with Gasteiger partial charge in [0.2, 0.25) is 5.89 Å². The van der Waals surface area contributed by atoms with E-state index in [2.05, 4.69) is 20.6 Å². The van der Waals surface area contributed by atoms with Crippen LogP contribution in [0.1, 0.15) is 27.6 Å². The number of aryl methyl sites for hydroxylation is 1. The van der Waals surface area contributed by atoms with Gasteiger partial charge < -0.3 is 19.2 Å². The number of nitrogens with one attached hydrogen (secondary N) is 1. The van der Waals surface area contributed by atoms with Crippen LogP contribution >= 0.6 is 0 Å². The number of para-hydroxylation sites is 2. The first kappa shape index (κ1) is 22.0. The molecule has 0 unspecified atom stereocenters. The van der Waals surface area contributed by atoms with E-state index in [1.165, 1.54) is 16.8 Å². The summed E-state index contributed by atoms with van der Waals surface area (Å²) in [5, 5.41) is 10.5. The van der Waals surface area contributed by atoms with Gasteiger partial charge in [0.05, 0.1) is 37.7 Å². The molecule has 0 aliphatic heterocycles. The van der Waals surface area contributed by atoms with Gasteiger partial charge in [0.25, 0.3) is 5.91 Å². The number of hydrogen-bond acceptors (Lipinski definition) is 7. The molecule has 0 bridgehead atoms. The number of carbonyl (C=O) groups is 1. The summed E-state index contributed by atoms with van der Waals surface area (Å²) in [4.78, 5) is 17.2. The summed E-state index contributed by atoms with van der Waals surface area (Å²) in [7, 11) is 3.10. The first-order chi connectivity index (χ1) is 15.9. The highest BCUT2D eigenvalue weighted by Gasteiger charge is 2.21. The molecule has 2 aromatic heterocycles. The van der Waals surface area contributed by atoms with E-state index in [1.807, 2.05) is 12.1 Å². The summed E-state index contributed by atoms with van der Waals surface area (Å²) >= 11 is 0. The number of ether oxygens (including phenoxy) is 2. The molecule has 0 fully saturated rings. The van der Waals surface area contributed by atoms with Crippen LogP contribution in [0.25, 0.3) is 11.5 Å². The number of rotatable bonds is 7. The van der Waals surface area contributed by atoms with E-state index in [9.17, 15) is 9.18 Å². The fraction of sp³-hybridized carbons (Fsp3) is 0.217. The SMILES string of the molecule is COc1cccc(-c2nc(Cn3nnc(C(=O)Nc4ccccc4F)c3C)c(C)o2)c1OC. The van der Waals surface area contributed by atoms with E-state index in [1.54, 1.807) is 46.3 Å². The van der Waals surface area contributed by atoms with Gasteiger partial charge in [-0.1, -0.05) is 23.4 Å². The summed E-state index contributed by atoms with van der Waals surface area (Å²) < 4.78 is 32.1. The van der Waals surface area contributed by atoms with Crippen LogP contribution in [0, 0.1) is 19.7 Å². The molecular formula is C23H22FN5O4. The Morgan fingerprint density at radius 2 is 1.91 bits per heavy atom. The van der Waals surface area contributed by atoms with Crippen LogP contribution in [0.4, 0.5) is 10.1 Å². The predicted molar refractivity (Wildman–Crippen MR) is 118 cm³/mol. The van der Waals surface area contributed by atoms with Crippen molar-refractivity contribution in [2.24, 2.45) is 0 Å². The lowest BCUT2D eigenvalue weighted by molar-refractivity contribution is 0.102. The monoisotopic (exact) mass is 451 g/mol. The van der Waals surface area contributed by atoms with Gasteiger partial charge in [-0.3, -0.25) is 4.79 Å². The number of nitrogens with zero attached hydrogens (tertiary/aromatic N) is 4. The molecule has 4 aromatic rings. The third kappa shape index (κ3) is 4.27. The highest BCUT2D eigenvalue weighted by Crippen LogP contribution is 2.38. The second-order valence-corrected chi connectivity index (χ2v) is 7.18. The lowest BCUT2D eigenvalue weighted by Gasteiger charge is -2.09. The number of halogens is 1. The van der Waals surface area contributed by atoms with Gasteiger partial charge in [0.1, 0.15) is 17.3 Å². The quantitative estimate of drug-likeness (QED) is 0.453. The summed E-state index contributed by atoms with van der Waals surface area (Å²) in [6.45, 7) is 3.72. The van der Waals surface area contributed by atoms with Gasteiger partial charge in [-0.2, -0.15) is 0 Å². The van der Waals surface area contributed by atoms with Crippen molar-refractivity contribution < 1.29 is 23.1 Å². The average Bonchev–Trinajstić information content (AvgIpc) is 3.37. The molecule has 4 rings (SSSR count). The molecule has 9 nitrogen and oxygen atoms in total. The standard InChI is InChI=1S/C23H22FN5O4/c1-13-20(22(30)25-17-10-6-5-9-16(17)24)27-28-29(13)12-18-14(2)33-23(26-18)15-8-7-11-19(31-3)21(15)32-4/h5-11H,12H2,1-4H3,(H,25,30). The van der Waals surface area contributed by atoms with Gasteiger partial charge in [-0.05, 0) is 38.1 Å². The number of aromatic nitrogens is 4. The molecule has 33 heavy (non-hydrogen) atoms. The summed E-state index contributed by atoms with van der Waals surface area (Å²) in [6, 6.07) is 11.3. The van der Waals surface area contributed by atoms with Crippen LogP contribution in [0.5, 0.6) is 11.5 Å². The summed E-state index contributed by atoms with van der Waals surface area (Å²) in [6.07, 6.45) is 0. The molecular weight excluding hydrogens is 429 g/mol. The molecule has 1 amide bonds. The van der Waals surface area contributed by atoms with Crippen LogP contribution < -0.4 is 14.8 Å². The molecule has 0 saturated heterocycles. The van der Waals surface area contributed by atoms with Gasteiger partial charge in [-0.15, -0.1) is 5.10 Å². The van der Waals surface area contributed by atoms with Crippen molar-refractivity contribution in [2.45, 2.75) is 20.4 Å². The molecule has 0 saturated carbocycles. The smallest absolute Gasteiger partial charge is 0.278 e. The van der Waals surface area contributed by atoms with Crippen molar-refractivity contribution in [2.75, 3.05) is 19.5 Å². The Balaban J connectivity index is 1.58. The predicted octanol–water partition coefficient (Wildman–Crippen LogP) is 4.01. The average molecular weight is 451 g/mol.